The van der Waals surface area contributed by atoms with Gasteiger partial charge < -0.3 is 0 Å². The zero-order valence-corrected chi connectivity index (χ0v) is 14.9. The molecule has 0 unspecified atom stereocenters. The summed E-state index contributed by atoms with van der Waals surface area (Å²) in [7, 11) is 0. The van der Waals surface area contributed by atoms with Gasteiger partial charge in [-0.15, -0.1) is 5.10 Å². The number of nitrogens with one attached hydrogen (secondary N) is 1. The van der Waals surface area contributed by atoms with Gasteiger partial charge in [0.05, 0.1) is 16.4 Å². The molecule has 0 spiro atoms. The fourth-order valence-corrected chi connectivity index (χ4v) is 3.18. The van der Waals surface area contributed by atoms with Gasteiger partial charge in [0, 0.05) is 11.9 Å². The summed E-state index contributed by atoms with van der Waals surface area (Å²) in [5.41, 5.74) is 4.37. The molecule has 5 nitrogen and oxygen atoms in total. The monoisotopic (exact) mass is 378 g/mol. The van der Waals surface area contributed by atoms with Crippen molar-refractivity contribution in [1.29, 1.82) is 0 Å². The zero-order chi connectivity index (χ0) is 17.1. The summed E-state index contributed by atoms with van der Waals surface area (Å²) in [6.07, 6.45) is 0. The lowest BCUT2D eigenvalue weighted by molar-refractivity contribution is 0.101. The summed E-state index contributed by atoms with van der Waals surface area (Å²) in [5.74, 6) is -0.139. The van der Waals surface area contributed by atoms with Crippen LogP contribution in [0.3, 0.4) is 0 Å². The fourth-order valence-electron chi connectivity index (χ4n) is 1.93. The Hall–Kier alpha value is -2.15. The first-order valence-corrected chi connectivity index (χ1v) is 8.53. The molecule has 0 atom stereocenters. The molecule has 122 valence electrons. The predicted octanol–water partition coefficient (Wildman–Crippen LogP) is 4.37. The number of anilines is 1. The van der Waals surface area contributed by atoms with Crippen molar-refractivity contribution >= 4 is 46.0 Å². The van der Waals surface area contributed by atoms with Crippen molar-refractivity contribution in [2.45, 2.75) is 6.92 Å². The first kappa shape index (κ1) is 16.7. The highest BCUT2D eigenvalue weighted by Gasteiger charge is 2.13. The van der Waals surface area contributed by atoms with Crippen molar-refractivity contribution in [3.63, 3.8) is 0 Å². The van der Waals surface area contributed by atoms with E-state index in [9.17, 15) is 4.79 Å². The molecule has 0 radical (unpaired) electrons. The molecule has 0 aliphatic rings. The number of Topliss-reactive ketones (excluding diaryl/α,β-unsaturated/α-hetero) is 1. The Kier molecular flexibility index (Phi) is 4.99. The molecule has 0 saturated heterocycles. The van der Waals surface area contributed by atoms with E-state index in [2.05, 4.69) is 15.6 Å². The van der Waals surface area contributed by atoms with Crippen molar-refractivity contribution in [3.8, 4) is 5.69 Å². The van der Waals surface area contributed by atoms with Gasteiger partial charge in [-0.3, -0.25) is 10.2 Å². The lowest BCUT2D eigenvalue weighted by atomic mass is 10.3. The number of nitrogens with zero attached hydrogens (tertiary/aromatic N) is 3. The lowest BCUT2D eigenvalue weighted by Crippen LogP contribution is -2.16. The lowest BCUT2D eigenvalue weighted by Gasteiger charge is -2.04. The normalized spacial score (nSPS) is 11.5. The molecular formula is C16H12Cl2N4OS. The van der Waals surface area contributed by atoms with Crippen molar-refractivity contribution in [1.82, 2.24) is 9.78 Å². The number of rotatable bonds is 4. The number of carbonyl (C=O) groups is 1. The van der Waals surface area contributed by atoms with Crippen LogP contribution in [0.2, 0.25) is 10.0 Å². The van der Waals surface area contributed by atoms with Crippen LogP contribution in [0, 0.1) is 0 Å². The Morgan fingerprint density at radius 3 is 2.62 bits per heavy atom. The molecule has 2 aromatic carbocycles. The van der Waals surface area contributed by atoms with Gasteiger partial charge in [0.1, 0.15) is 0 Å². The maximum atomic E-state index is 11.7. The summed E-state index contributed by atoms with van der Waals surface area (Å²) in [5, 5.41) is 9.93. The van der Waals surface area contributed by atoms with Crippen LogP contribution < -0.4 is 10.2 Å². The third kappa shape index (κ3) is 3.67. The van der Waals surface area contributed by atoms with Crippen LogP contribution in [-0.4, -0.2) is 15.6 Å². The molecule has 0 aliphatic heterocycles. The Balaban J connectivity index is 2.09. The van der Waals surface area contributed by atoms with Gasteiger partial charge in [0.25, 0.3) is 0 Å². The second-order valence-electron chi connectivity index (χ2n) is 4.84. The number of hydrogen-bond donors (Lipinski definition) is 1. The van der Waals surface area contributed by atoms with E-state index in [1.54, 1.807) is 18.2 Å². The average Bonchev–Trinajstić information content (AvgIpc) is 2.98. The standard InChI is InChI=1S/C16H12Cl2N4OS/c1-10(23)15-21-22(14-8-7-11(17)9-13(14)18)16(24-15)20-19-12-5-3-2-4-6-12/h2-9,19H,1H3/b20-16-. The van der Waals surface area contributed by atoms with Crippen LogP contribution in [0.1, 0.15) is 16.7 Å². The van der Waals surface area contributed by atoms with E-state index in [0.717, 1.165) is 5.69 Å². The second kappa shape index (κ2) is 7.17. The fraction of sp³-hybridized carbons (Fsp3) is 0.0625. The number of carbonyl (C=O) groups excluding carboxylic acids is 1. The van der Waals surface area contributed by atoms with Crippen molar-refractivity contribution in [2.75, 3.05) is 5.43 Å². The third-order valence-corrected chi connectivity index (χ3v) is 4.60. The smallest absolute Gasteiger partial charge is 0.231 e. The largest absolute Gasteiger partial charge is 0.292 e. The molecule has 3 rings (SSSR count). The molecular weight excluding hydrogens is 367 g/mol. The summed E-state index contributed by atoms with van der Waals surface area (Å²) >= 11 is 13.4. The van der Waals surface area contributed by atoms with Gasteiger partial charge >= 0.3 is 0 Å². The van der Waals surface area contributed by atoms with E-state index in [0.29, 0.717) is 25.5 Å². The van der Waals surface area contributed by atoms with Crippen LogP contribution in [0.15, 0.2) is 53.6 Å². The maximum Gasteiger partial charge on any atom is 0.231 e. The van der Waals surface area contributed by atoms with Crippen molar-refractivity contribution in [2.24, 2.45) is 5.10 Å². The van der Waals surface area contributed by atoms with Crippen LogP contribution in [0.4, 0.5) is 5.69 Å². The van der Waals surface area contributed by atoms with E-state index in [1.165, 1.54) is 22.9 Å². The van der Waals surface area contributed by atoms with Crippen molar-refractivity contribution < 1.29 is 4.79 Å². The highest BCUT2D eigenvalue weighted by Crippen LogP contribution is 2.23. The Labute approximate surface area is 152 Å². The van der Waals surface area contributed by atoms with Gasteiger partial charge in [-0.2, -0.15) is 5.10 Å². The molecule has 3 aromatic rings. The molecule has 0 aliphatic carbocycles. The minimum absolute atomic E-state index is 0.139. The number of ketones is 1. The number of benzene rings is 2. The molecule has 1 heterocycles. The quantitative estimate of drug-likeness (QED) is 0.541. The highest BCUT2D eigenvalue weighted by molar-refractivity contribution is 7.11. The summed E-state index contributed by atoms with van der Waals surface area (Å²) in [4.78, 5) is 12.2. The van der Waals surface area contributed by atoms with E-state index in [1.807, 2.05) is 30.3 Å². The SMILES string of the molecule is CC(=O)c1nn(-c2ccc(Cl)cc2Cl)/c(=N/Nc2ccccc2)s1. The van der Waals surface area contributed by atoms with Crippen LogP contribution in [0.25, 0.3) is 5.69 Å². The molecule has 1 aromatic heterocycles. The van der Waals surface area contributed by atoms with Crippen LogP contribution in [-0.2, 0) is 0 Å². The topological polar surface area (TPSA) is 59.3 Å². The molecule has 1 N–H and O–H groups in total. The molecule has 8 heteroatoms. The van der Waals surface area contributed by atoms with E-state index < -0.39 is 0 Å². The van der Waals surface area contributed by atoms with E-state index in [4.69, 9.17) is 23.2 Å². The number of hydrogen-bond acceptors (Lipinski definition) is 5. The second-order valence-corrected chi connectivity index (χ2v) is 6.64. The van der Waals surface area contributed by atoms with Gasteiger partial charge in [-0.1, -0.05) is 52.7 Å². The minimum atomic E-state index is -0.139. The van der Waals surface area contributed by atoms with E-state index in [-0.39, 0.29) is 5.78 Å². The molecule has 0 fully saturated rings. The maximum absolute atomic E-state index is 11.7. The summed E-state index contributed by atoms with van der Waals surface area (Å²) in [6, 6.07) is 14.5. The molecule has 24 heavy (non-hydrogen) atoms. The first-order chi connectivity index (χ1) is 11.5. The molecule has 0 bridgehead atoms. The number of para-hydroxylation sites is 1. The van der Waals surface area contributed by atoms with Crippen molar-refractivity contribution in [3.05, 3.63) is 68.4 Å². The summed E-state index contributed by atoms with van der Waals surface area (Å²) < 4.78 is 1.52. The van der Waals surface area contributed by atoms with E-state index >= 15 is 0 Å². The predicted molar refractivity (Wildman–Crippen MR) is 97.1 cm³/mol. The van der Waals surface area contributed by atoms with Crippen LogP contribution in [0.5, 0.6) is 0 Å². The minimum Gasteiger partial charge on any atom is -0.292 e. The van der Waals surface area contributed by atoms with Gasteiger partial charge in [0.15, 0.2) is 10.8 Å². The van der Waals surface area contributed by atoms with Gasteiger partial charge in [0.2, 0.25) is 4.80 Å². The molecule has 0 amide bonds. The zero-order valence-electron chi connectivity index (χ0n) is 12.5. The Morgan fingerprint density at radius 1 is 1.21 bits per heavy atom. The summed E-state index contributed by atoms with van der Waals surface area (Å²) in [6.45, 7) is 1.46. The Morgan fingerprint density at radius 2 is 1.96 bits per heavy atom. The number of halogens is 2. The number of aromatic nitrogens is 2. The van der Waals surface area contributed by atoms with Crippen LogP contribution >= 0.6 is 34.5 Å². The first-order valence-electron chi connectivity index (χ1n) is 6.96. The Bertz CT molecular complexity index is 950. The third-order valence-electron chi connectivity index (χ3n) is 3.05. The molecule has 0 saturated carbocycles. The van der Waals surface area contributed by atoms with Gasteiger partial charge in [-0.05, 0) is 30.3 Å². The average molecular weight is 379 g/mol. The van der Waals surface area contributed by atoms with Gasteiger partial charge in [-0.25, -0.2) is 4.68 Å². The highest BCUT2D eigenvalue weighted by atomic mass is 35.5.